The minimum absolute atomic E-state index is 0.759. The molecule has 0 unspecified atom stereocenters. The van der Waals surface area contributed by atoms with Crippen LogP contribution in [0.25, 0.3) is 10.9 Å². The predicted octanol–water partition coefficient (Wildman–Crippen LogP) is 3.37. The summed E-state index contributed by atoms with van der Waals surface area (Å²) in [6, 6.07) is 8.18. The monoisotopic (exact) mass is 330 g/mol. The van der Waals surface area contributed by atoms with E-state index in [4.69, 9.17) is 0 Å². The van der Waals surface area contributed by atoms with E-state index < -0.39 is 0 Å². The topological polar surface area (TPSA) is 34.0 Å². The van der Waals surface area contributed by atoms with Gasteiger partial charge in [-0.1, -0.05) is 12.1 Å². The predicted molar refractivity (Wildman–Crippen MR) is 84.8 cm³/mol. The molecule has 3 aromatic rings. The Balaban J connectivity index is 2.02. The molecule has 102 valence electrons. The van der Waals surface area contributed by atoms with Gasteiger partial charge in [-0.2, -0.15) is 0 Å². The first-order valence-corrected chi connectivity index (χ1v) is 7.16. The van der Waals surface area contributed by atoms with Gasteiger partial charge in [-0.3, -0.25) is 4.98 Å². The summed E-state index contributed by atoms with van der Waals surface area (Å²) in [6.45, 7) is 0.759. The number of aryl methyl sites for hydroxylation is 1. The molecule has 0 saturated carbocycles. The lowest BCUT2D eigenvalue weighted by Crippen LogP contribution is -2.19. The second-order valence-corrected chi connectivity index (χ2v) is 5.63. The first kappa shape index (κ1) is 13.1. The SMILES string of the molecule is CN(Cc1nccn1C)c1ccnc2c(Br)cccc12. The number of nitrogens with zero attached hydrogens (tertiary/aromatic N) is 4. The number of hydrogen-bond acceptors (Lipinski definition) is 3. The molecule has 0 fully saturated rings. The highest BCUT2D eigenvalue weighted by molar-refractivity contribution is 9.10. The zero-order valence-electron chi connectivity index (χ0n) is 11.4. The van der Waals surface area contributed by atoms with Crippen molar-refractivity contribution in [2.24, 2.45) is 7.05 Å². The Morgan fingerprint density at radius 1 is 1.20 bits per heavy atom. The van der Waals surface area contributed by atoms with Crippen molar-refractivity contribution in [3.8, 4) is 0 Å². The van der Waals surface area contributed by atoms with E-state index in [9.17, 15) is 0 Å². The van der Waals surface area contributed by atoms with Gasteiger partial charge in [0.1, 0.15) is 5.82 Å². The highest BCUT2D eigenvalue weighted by Crippen LogP contribution is 2.29. The van der Waals surface area contributed by atoms with Crippen molar-refractivity contribution >= 4 is 32.5 Å². The van der Waals surface area contributed by atoms with Gasteiger partial charge in [0.25, 0.3) is 0 Å². The Bertz CT molecular complexity index is 750. The number of fused-ring (bicyclic) bond motifs is 1. The zero-order chi connectivity index (χ0) is 14.1. The lowest BCUT2D eigenvalue weighted by Gasteiger charge is -2.20. The average molecular weight is 331 g/mol. The molecule has 0 N–H and O–H groups in total. The van der Waals surface area contributed by atoms with E-state index in [1.165, 1.54) is 0 Å². The largest absolute Gasteiger partial charge is 0.367 e. The molecule has 2 heterocycles. The number of hydrogen-bond donors (Lipinski definition) is 0. The Morgan fingerprint density at radius 3 is 2.80 bits per heavy atom. The van der Waals surface area contributed by atoms with Crippen LogP contribution in [0.15, 0.2) is 47.3 Å². The third kappa shape index (κ3) is 2.29. The van der Waals surface area contributed by atoms with Crippen LogP contribution in [-0.2, 0) is 13.6 Å². The van der Waals surface area contributed by atoms with Crippen LogP contribution in [-0.4, -0.2) is 21.6 Å². The summed E-state index contributed by atoms with van der Waals surface area (Å²) in [7, 11) is 4.09. The number of rotatable bonds is 3. The van der Waals surface area contributed by atoms with Crippen molar-refractivity contribution in [1.29, 1.82) is 0 Å². The number of benzene rings is 1. The number of pyridine rings is 1. The highest BCUT2D eigenvalue weighted by Gasteiger charge is 2.10. The lowest BCUT2D eigenvalue weighted by molar-refractivity contribution is 0.763. The maximum absolute atomic E-state index is 4.44. The van der Waals surface area contributed by atoms with Crippen molar-refractivity contribution in [2.75, 3.05) is 11.9 Å². The van der Waals surface area contributed by atoms with Crippen LogP contribution in [0, 0.1) is 0 Å². The van der Waals surface area contributed by atoms with E-state index >= 15 is 0 Å². The molecule has 0 aliphatic heterocycles. The van der Waals surface area contributed by atoms with Gasteiger partial charge in [0, 0.05) is 48.2 Å². The quantitative estimate of drug-likeness (QED) is 0.738. The molecule has 5 heteroatoms. The maximum atomic E-state index is 4.44. The van der Waals surface area contributed by atoms with Crippen LogP contribution in [0.3, 0.4) is 0 Å². The van der Waals surface area contributed by atoms with E-state index in [0.29, 0.717) is 0 Å². The second-order valence-electron chi connectivity index (χ2n) is 4.78. The fourth-order valence-corrected chi connectivity index (χ4v) is 2.77. The van der Waals surface area contributed by atoms with Crippen LogP contribution in [0.1, 0.15) is 5.82 Å². The van der Waals surface area contributed by atoms with Gasteiger partial charge in [0.15, 0.2) is 0 Å². The number of imidazole rings is 1. The Morgan fingerprint density at radius 2 is 2.05 bits per heavy atom. The molecule has 20 heavy (non-hydrogen) atoms. The molecular weight excluding hydrogens is 316 g/mol. The number of halogens is 1. The maximum Gasteiger partial charge on any atom is 0.127 e. The summed E-state index contributed by atoms with van der Waals surface area (Å²) in [6.07, 6.45) is 5.63. The zero-order valence-corrected chi connectivity index (χ0v) is 13.0. The average Bonchev–Trinajstić information content (AvgIpc) is 2.84. The van der Waals surface area contributed by atoms with Gasteiger partial charge in [0.2, 0.25) is 0 Å². The smallest absolute Gasteiger partial charge is 0.127 e. The van der Waals surface area contributed by atoms with Gasteiger partial charge in [-0.15, -0.1) is 0 Å². The molecule has 0 saturated heterocycles. The normalized spacial score (nSPS) is 10.9. The molecule has 0 aliphatic rings. The van der Waals surface area contributed by atoms with Crippen LogP contribution >= 0.6 is 15.9 Å². The molecular formula is C15H15BrN4. The molecule has 4 nitrogen and oxygen atoms in total. The van der Waals surface area contributed by atoms with E-state index in [1.807, 2.05) is 48.4 Å². The summed E-state index contributed by atoms with van der Waals surface area (Å²) < 4.78 is 3.05. The number of anilines is 1. The van der Waals surface area contributed by atoms with E-state index in [0.717, 1.165) is 33.4 Å². The van der Waals surface area contributed by atoms with Crippen molar-refractivity contribution in [2.45, 2.75) is 6.54 Å². The van der Waals surface area contributed by atoms with Gasteiger partial charge in [-0.05, 0) is 28.1 Å². The standard InChI is InChI=1S/C15H15BrN4/c1-19-9-8-17-14(19)10-20(2)13-6-7-18-15-11(13)4-3-5-12(15)16/h3-9H,10H2,1-2H3. The van der Waals surface area contributed by atoms with Crippen LogP contribution in [0.5, 0.6) is 0 Å². The minimum atomic E-state index is 0.759. The van der Waals surface area contributed by atoms with Crippen LogP contribution < -0.4 is 4.90 Å². The molecule has 0 aliphatic carbocycles. The van der Waals surface area contributed by atoms with Crippen molar-refractivity contribution in [3.05, 3.63) is 53.2 Å². The molecule has 1 aromatic carbocycles. The summed E-state index contributed by atoms with van der Waals surface area (Å²) in [5, 5.41) is 1.14. The molecule has 0 atom stereocenters. The second kappa shape index (κ2) is 5.25. The van der Waals surface area contributed by atoms with E-state index in [-0.39, 0.29) is 0 Å². The van der Waals surface area contributed by atoms with Gasteiger partial charge in [0.05, 0.1) is 12.1 Å². The minimum Gasteiger partial charge on any atom is -0.367 e. The molecule has 0 radical (unpaired) electrons. The first-order valence-electron chi connectivity index (χ1n) is 6.37. The van der Waals surface area contributed by atoms with Crippen molar-refractivity contribution < 1.29 is 0 Å². The summed E-state index contributed by atoms with van der Waals surface area (Å²) in [5.74, 6) is 1.03. The molecule has 0 spiro atoms. The molecule has 0 amide bonds. The fraction of sp³-hybridized carbons (Fsp3) is 0.200. The van der Waals surface area contributed by atoms with Gasteiger partial charge >= 0.3 is 0 Å². The first-order chi connectivity index (χ1) is 9.66. The van der Waals surface area contributed by atoms with E-state index in [2.05, 4.69) is 43.9 Å². The van der Waals surface area contributed by atoms with Gasteiger partial charge < -0.3 is 9.47 Å². The Kier molecular flexibility index (Phi) is 3.44. The van der Waals surface area contributed by atoms with Crippen molar-refractivity contribution in [1.82, 2.24) is 14.5 Å². The summed E-state index contributed by atoms with van der Waals surface area (Å²) in [4.78, 5) is 11.0. The van der Waals surface area contributed by atoms with Crippen LogP contribution in [0.2, 0.25) is 0 Å². The summed E-state index contributed by atoms with van der Waals surface area (Å²) >= 11 is 3.55. The third-order valence-corrected chi connectivity index (χ3v) is 4.05. The highest BCUT2D eigenvalue weighted by atomic mass is 79.9. The third-order valence-electron chi connectivity index (χ3n) is 3.41. The molecule has 3 rings (SSSR count). The lowest BCUT2D eigenvalue weighted by atomic mass is 10.2. The molecule has 0 bridgehead atoms. The summed E-state index contributed by atoms with van der Waals surface area (Å²) in [5.41, 5.74) is 2.14. The van der Waals surface area contributed by atoms with Crippen LogP contribution in [0.4, 0.5) is 5.69 Å². The number of aromatic nitrogens is 3. The van der Waals surface area contributed by atoms with Crippen molar-refractivity contribution in [3.63, 3.8) is 0 Å². The Labute approximate surface area is 126 Å². The Hall–Kier alpha value is -1.88. The number of para-hydroxylation sites is 1. The van der Waals surface area contributed by atoms with Gasteiger partial charge in [-0.25, -0.2) is 4.98 Å². The van der Waals surface area contributed by atoms with E-state index in [1.54, 1.807) is 0 Å². The molecule has 2 aromatic heterocycles. The fourth-order valence-electron chi connectivity index (χ4n) is 2.30.